The fourth-order valence-electron chi connectivity index (χ4n) is 4.79. The Morgan fingerprint density at radius 3 is 1.79 bits per heavy atom. The minimum absolute atomic E-state index is 0.446. The molecule has 0 radical (unpaired) electrons. The molecule has 0 fully saturated rings. The number of imidazole rings is 1. The van der Waals surface area contributed by atoms with Crippen molar-refractivity contribution in [1.82, 2.24) is 9.55 Å². The first-order chi connectivity index (χ1) is 20.7. The van der Waals surface area contributed by atoms with E-state index in [1.807, 2.05) is 109 Å². The molecule has 42 heavy (non-hydrogen) atoms. The number of halogens is 1. The van der Waals surface area contributed by atoms with Crippen LogP contribution in [0, 0.1) is 0 Å². The molecule has 208 valence electrons. The van der Waals surface area contributed by atoms with Crippen LogP contribution in [0.25, 0.3) is 28.3 Å². The summed E-state index contributed by atoms with van der Waals surface area (Å²) in [4.78, 5) is 5.20. The van der Waals surface area contributed by atoms with Crippen LogP contribution in [0.2, 0.25) is 0 Å². The van der Waals surface area contributed by atoms with Crippen LogP contribution in [0.1, 0.15) is 11.1 Å². The SMILES string of the molecule is COc1ccc(Br)cc1-n1cc(-c2ccccc2OCc2ccccc2)nc1-c1ccccc1OCc1ccccc1. The fraction of sp³-hybridized carbons (Fsp3) is 0.0833. The molecule has 0 N–H and O–H groups in total. The third kappa shape index (κ3) is 6.09. The molecule has 0 aliphatic heterocycles. The van der Waals surface area contributed by atoms with E-state index in [1.165, 1.54) is 0 Å². The second-order valence-corrected chi connectivity index (χ2v) is 10.6. The molecular weight excluding hydrogens is 588 g/mol. The average molecular weight is 618 g/mol. The largest absolute Gasteiger partial charge is 0.495 e. The molecule has 0 aliphatic carbocycles. The molecule has 1 heterocycles. The Hall–Kier alpha value is -4.81. The van der Waals surface area contributed by atoms with Gasteiger partial charge in [-0.1, -0.05) is 101 Å². The minimum Gasteiger partial charge on any atom is -0.495 e. The van der Waals surface area contributed by atoms with E-state index in [4.69, 9.17) is 19.2 Å². The fourth-order valence-corrected chi connectivity index (χ4v) is 5.14. The van der Waals surface area contributed by atoms with Crippen LogP contribution in [-0.4, -0.2) is 16.7 Å². The van der Waals surface area contributed by atoms with Crippen molar-refractivity contribution >= 4 is 15.9 Å². The Bertz CT molecular complexity index is 1790. The lowest BCUT2D eigenvalue weighted by Gasteiger charge is -2.15. The van der Waals surface area contributed by atoms with E-state index in [0.717, 1.165) is 61.2 Å². The third-order valence-electron chi connectivity index (χ3n) is 6.87. The summed E-state index contributed by atoms with van der Waals surface area (Å²) in [6.07, 6.45) is 2.03. The van der Waals surface area contributed by atoms with E-state index in [0.29, 0.717) is 13.2 Å². The predicted molar refractivity (Wildman–Crippen MR) is 170 cm³/mol. The van der Waals surface area contributed by atoms with E-state index < -0.39 is 0 Å². The number of para-hydroxylation sites is 2. The van der Waals surface area contributed by atoms with Gasteiger partial charge in [0.2, 0.25) is 0 Å². The highest BCUT2D eigenvalue weighted by Crippen LogP contribution is 2.39. The van der Waals surface area contributed by atoms with Crippen molar-refractivity contribution in [2.45, 2.75) is 13.2 Å². The highest BCUT2D eigenvalue weighted by Gasteiger charge is 2.21. The van der Waals surface area contributed by atoms with Crippen LogP contribution in [0.4, 0.5) is 0 Å². The minimum atomic E-state index is 0.446. The number of hydrogen-bond donors (Lipinski definition) is 0. The lowest BCUT2D eigenvalue weighted by atomic mass is 10.1. The highest BCUT2D eigenvalue weighted by molar-refractivity contribution is 9.10. The van der Waals surface area contributed by atoms with Gasteiger partial charge in [-0.15, -0.1) is 0 Å². The van der Waals surface area contributed by atoms with Gasteiger partial charge < -0.3 is 14.2 Å². The Kier molecular flexibility index (Phi) is 8.33. The maximum Gasteiger partial charge on any atom is 0.149 e. The van der Waals surface area contributed by atoms with Gasteiger partial charge in [-0.2, -0.15) is 0 Å². The summed E-state index contributed by atoms with van der Waals surface area (Å²) in [7, 11) is 1.67. The zero-order chi connectivity index (χ0) is 28.7. The summed E-state index contributed by atoms with van der Waals surface area (Å²) in [6, 6.07) is 42.2. The van der Waals surface area contributed by atoms with Crippen LogP contribution in [-0.2, 0) is 13.2 Å². The summed E-state index contributed by atoms with van der Waals surface area (Å²) in [6.45, 7) is 0.906. The van der Waals surface area contributed by atoms with Gasteiger partial charge in [0, 0.05) is 16.2 Å². The molecular formula is C36H29BrN2O3. The van der Waals surface area contributed by atoms with Crippen molar-refractivity contribution in [3.63, 3.8) is 0 Å². The van der Waals surface area contributed by atoms with E-state index in [1.54, 1.807) is 7.11 Å². The van der Waals surface area contributed by atoms with Crippen molar-refractivity contribution in [2.75, 3.05) is 7.11 Å². The molecule has 0 aliphatic rings. The number of hydrogen-bond acceptors (Lipinski definition) is 4. The van der Waals surface area contributed by atoms with Gasteiger partial charge in [0.05, 0.1) is 24.1 Å². The smallest absolute Gasteiger partial charge is 0.149 e. The second-order valence-electron chi connectivity index (χ2n) is 9.68. The van der Waals surface area contributed by atoms with Gasteiger partial charge in [0.25, 0.3) is 0 Å². The summed E-state index contributed by atoms with van der Waals surface area (Å²) < 4.78 is 21.4. The molecule has 5 aromatic carbocycles. The molecule has 0 atom stereocenters. The monoisotopic (exact) mass is 616 g/mol. The van der Waals surface area contributed by atoms with Gasteiger partial charge in [-0.25, -0.2) is 4.98 Å². The molecule has 6 aromatic rings. The van der Waals surface area contributed by atoms with Crippen LogP contribution in [0.5, 0.6) is 17.2 Å². The molecule has 6 heteroatoms. The number of ether oxygens (including phenoxy) is 3. The first kappa shape index (κ1) is 27.4. The summed E-state index contributed by atoms with van der Waals surface area (Å²) in [5.41, 5.74) is 5.57. The molecule has 0 spiro atoms. The number of aromatic nitrogens is 2. The Morgan fingerprint density at radius 2 is 1.17 bits per heavy atom. The van der Waals surface area contributed by atoms with E-state index in [2.05, 4.69) is 44.8 Å². The molecule has 0 saturated carbocycles. The predicted octanol–water partition coefficient (Wildman–Crippen LogP) is 9.14. The number of nitrogens with zero attached hydrogens (tertiary/aromatic N) is 2. The Morgan fingerprint density at radius 1 is 0.619 bits per heavy atom. The van der Waals surface area contributed by atoms with Gasteiger partial charge in [-0.3, -0.25) is 4.57 Å². The zero-order valence-electron chi connectivity index (χ0n) is 23.1. The number of rotatable bonds is 10. The van der Waals surface area contributed by atoms with Crippen LogP contribution >= 0.6 is 15.9 Å². The number of methoxy groups -OCH3 is 1. The van der Waals surface area contributed by atoms with Crippen LogP contribution in [0.3, 0.4) is 0 Å². The van der Waals surface area contributed by atoms with Crippen molar-refractivity contribution in [3.8, 4) is 45.6 Å². The summed E-state index contributed by atoms with van der Waals surface area (Å²) in [5, 5.41) is 0. The molecule has 0 amide bonds. The lowest BCUT2D eigenvalue weighted by molar-refractivity contribution is 0.307. The van der Waals surface area contributed by atoms with Crippen LogP contribution in [0.15, 0.2) is 138 Å². The van der Waals surface area contributed by atoms with Gasteiger partial charge in [0.15, 0.2) is 0 Å². The molecule has 5 nitrogen and oxygen atoms in total. The normalized spacial score (nSPS) is 10.8. The van der Waals surface area contributed by atoms with E-state index in [-0.39, 0.29) is 0 Å². The molecule has 0 unspecified atom stereocenters. The van der Waals surface area contributed by atoms with Crippen LogP contribution < -0.4 is 14.2 Å². The van der Waals surface area contributed by atoms with Gasteiger partial charge in [0.1, 0.15) is 36.3 Å². The average Bonchev–Trinajstić information content (AvgIpc) is 3.49. The summed E-state index contributed by atoms with van der Waals surface area (Å²) in [5.74, 6) is 2.94. The molecule has 0 bridgehead atoms. The van der Waals surface area contributed by atoms with Gasteiger partial charge >= 0.3 is 0 Å². The third-order valence-corrected chi connectivity index (χ3v) is 7.36. The highest BCUT2D eigenvalue weighted by atomic mass is 79.9. The van der Waals surface area contributed by atoms with Crippen molar-refractivity contribution in [2.24, 2.45) is 0 Å². The van der Waals surface area contributed by atoms with Crippen molar-refractivity contribution < 1.29 is 14.2 Å². The van der Waals surface area contributed by atoms with E-state index in [9.17, 15) is 0 Å². The molecule has 1 aromatic heterocycles. The Balaban J connectivity index is 1.45. The lowest BCUT2D eigenvalue weighted by Crippen LogP contribution is -2.02. The van der Waals surface area contributed by atoms with Crippen molar-refractivity contribution in [3.05, 3.63) is 149 Å². The Labute approximate surface area is 254 Å². The molecule has 6 rings (SSSR count). The van der Waals surface area contributed by atoms with Gasteiger partial charge in [-0.05, 0) is 53.6 Å². The second kappa shape index (κ2) is 12.8. The maximum atomic E-state index is 6.36. The zero-order valence-corrected chi connectivity index (χ0v) is 24.7. The number of benzene rings is 5. The summed E-state index contributed by atoms with van der Waals surface area (Å²) >= 11 is 3.64. The first-order valence-corrected chi connectivity index (χ1v) is 14.4. The topological polar surface area (TPSA) is 45.5 Å². The van der Waals surface area contributed by atoms with Crippen molar-refractivity contribution in [1.29, 1.82) is 0 Å². The standard InChI is InChI=1S/C36H29BrN2O3/c1-40-35-21-20-28(37)22-32(35)39-23-31(29-16-8-10-18-33(29)41-24-26-12-4-2-5-13-26)38-36(39)30-17-9-11-19-34(30)42-25-27-14-6-3-7-15-27/h2-23H,24-25H2,1H3. The quantitative estimate of drug-likeness (QED) is 0.154. The first-order valence-electron chi connectivity index (χ1n) is 13.6. The molecule has 0 saturated heterocycles. The van der Waals surface area contributed by atoms with E-state index >= 15 is 0 Å². The maximum absolute atomic E-state index is 6.36.